The number of phenols is 1. The van der Waals surface area contributed by atoms with Crippen LogP contribution in [0.3, 0.4) is 0 Å². The second kappa shape index (κ2) is 8.00. The van der Waals surface area contributed by atoms with Crippen molar-refractivity contribution in [3.63, 3.8) is 0 Å². The van der Waals surface area contributed by atoms with Crippen molar-refractivity contribution < 1.29 is 19.4 Å². The number of hydrogen-bond acceptors (Lipinski definition) is 4. The second-order valence-corrected chi connectivity index (χ2v) is 4.68. The Morgan fingerprint density at radius 3 is 2.36 bits per heavy atom. The summed E-state index contributed by atoms with van der Waals surface area (Å²) in [5.41, 5.74) is 2.40. The van der Waals surface area contributed by atoms with Gasteiger partial charge in [0.15, 0.2) is 0 Å². The summed E-state index contributed by atoms with van der Waals surface area (Å²) >= 11 is 0. The molecule has 0 heterocycles. The number of carbonyl (C=O) groups is 1. The van der Waals surface area contributed by atoms with E-state index in [9.17, 15) is 4.79 Å². The Labute approximate surface area is 129 Å². The van der Waals surface area contributed by atoms with Crippen molar-refractivity contribution >= 4 is 12.0 Å². The van der Waals surface area contributed by atoms with Gasteiger partial charge in [0.2, 0.25) is 0 Å². The number of hydrogen-bond donors (Lipinski definition) is 1. The van der Waals surface area contributed by atoms with Gasteiger partial charge in [0.25, 0.3) is 0 Å². The minimum atomic E-state index is -0.371. The average molecular weight is 298 g/mol. The number of aromatic hydroxyl groups is 1. The van der Waals surface area contributed by atoms with E-state index < -0.39 is 0 Å². The molecule has 2 aromatic carbocycles. The summed E-state index contributed by atoms with van der Waals surface area (Å²) in [7, 11) is 0. The zero-order valence-corrected chi connectivity index (χ0v) is 12.2. The van der Waals surface area contributed by atoms with Gasteiger partial charge in [-0.1, -0.05) is 36.9 Å². The normalized spacial score (nSPS) is 10.2. The fourth-order valence-electron chi connectivity index (χ4n) is 1.81. The summed E-state index contributed by atoms with van der Waals surface area (Å²) in [6, 6.07) is 13.8. The number of rotatable bonds is 7. The molecule has 0 spiro atoms. The Hall–Kier alpha value is -2.59. The maximum Gasteiger partial charge on any atom is 0.338 e. The number of carbonyl (C=O) groups excluding carboxylic acids is 1. The molecule has 0 bridgehead atoms. The molecule has 4 heteroatoms. The first kappa shape index (κ1) is 15.8. The highest BCUT2D eigenvalue weighted by atomic mass is 16.6. The van der Waals surface area contributed by atoms with Crippen LogP contribution in [0.4, 0.5) is 0 Å². The first-order valence-corrected chi connectivity index (χ1v) is 6.94. The van der Waals surface area contributed by atoms with Crippen molar-refractivity contribution in [2.24, 2.45) is 0 Å². The SMILES string of the molecule is C=Cc1ccc(C(=O)OCCOCc2ccc(O)cc2)cc1. The first-order chi connectivity index (χ1) is 10.7. The third kappa shape index (κ3) is 4.75. The van der Waals surface area contributed by atoms with E-state index in [1.54, 1.807) is 42.5 Å². The number of phenolic OH excluding ortho intramolecular Hbond substituents is 1. The molecule has 114 valence electrons. The maximum atomic E-state index is 11.8. The molecule has 2 aromatic rings. The molecule has 0 saturated carbocycles. The topological polar surface area (TPSA) is 55.8 Å². The van der Waals surface area contributed by atoms with Crippen LogP contribution < -0.4 is 0 Å². The van der Waals surface area contributed by atoms with Crippen LogP contribution in [0.15, 0.2) is 55.1 Å². The quantitative estimate of drug-likeness (QED) is 0.628. The van der Waals surface area contributed by atoms with Gasteiger partial charge in [-0.2, -0.15) is 0 Å². The predicted molar refractivity (Wildman–Crippen MR) is 84.6 cm³/mol. The van der Waals surface area contributed by atoms with E-state index in [1.165, 1.54) is 0 Å². The fraction of sp³-hybridized carbons (Fsp3) is 0.167. The summed E-state index contributed by atoms with van der Waals surface area (Å²) < 4.78 is 10.5. The zero-order valence-electron chi connectivity index (χ0n) is 12.2. The van der Waals surface area contributed by atoms with Crippen molar-refractivity contribution in [2.75, 3.05) is 13.2 Å². The Balaban J connectivity index is 1.68. The van der Waals surface area contributed by atoms with Gasteiger partial charge in [0.1, 0.15) is 12.4 Å². The molecular weight excluding hydrogens is 280 g/mol. The van der Waals surface area contributed by atoms with Crippen molar-refractivity contribution in [2.45, 2.75) is 6.61 Å². The Bertz CT molecular complexity index is 615. The minimum absolute atomic E-state index is 0.195. The van der Waals surface area contributed by atoms with E-state index in [-0.39, 0.29) is 18.3 Å². The van der Waals surface area contributed by atoms with E-state index in [0.29, 0.717) is 18.8 Å². The molecule has 0 radical (unpaired) electrons. The molecular formula is C18H18O4. The number of benzene rings is 2. The Morgan fingerprint density at radius 2 is 1.73 bits per heavy atom. The fourth-order valence-corrected chi connectivity index (χ4v) is 1.81. The highest BCUT2D eigenvalue weighted by molar-refractivity contribution is 5.89. The lowest BCUT2D eigenvalue weighted by atomic mass is 10.1. The summed E-state index contributed by atoms with van der Waals surface area (Å²) in [5, 5.41) is 9.16. The lowest BCUT2D eigenvalue weighted by Crippen LogP contribution is -2.10. The van der Waals surface area contributed by atoms with Crippen LogP contribution in [0.25, 0.3) is 6.08 Å². The van der Waals surface area contributed by atoms with Gasteiger partial charge in [0.05, 0.1) is 18.8 Å². The summed E-state index contributed by atoms with van der Waals surface area (Å²) in [6.45, 7) is 4.58. The molecule has 0 aromatic heterocycles. The monoisotopic (exact) mass is 298 g/mol. The lowest BCUT2D eigenvalue weighted by molar-refractivity contribution is 0.0288. The van der Waals surface area contributed by atoms with Gasteiger partial charge >= 0.3 is 5.97 Å². The van der Waals surface area contributed by atoms with Crippen molar-refractivity contribution in [3.05, 3.63) is 71.8 Å². The molecule has 0 aliphatic heterocycles. The Morgan fingerprint density at radius 1 is 1.05 bits per heavy atom. The molecule has 1 N–H and O–H groups in total. The molecule has 0 aliphatic rings. The van der Waals surface area contributed by atoms with E-state index in [0.717, 1.165) is 11.1 Å². The molecule has 0 saturated heterocycles. The van der Waals surface area contributed by atoms with Crippen molar-refractivity contribution in [1.29, 1.82) is 0 Å². The van der Waals surface area contributed by atoms with Crippen LogP contribution in [0.2, 0.25) is 0 Å². The molecule has 4 nitrogen and oxygen atoms in total. The van der Waals surface area contributed by atoms with Gasteiger partial charge in [-0.15, -0.1) is 0 Å². The third-order valence-electron chi connectivity index (χ3n) is 3.05. The van der Waals surface area contributed by atoms with Gasteiger partial charge in [-0.05, 0) is 35.4 Å². The average Bonchev–Trinajstić information content (AvgIpc) is 2.56. The molecule has 0 fully saturated rings. The van der Waals surface area contributed by atoms with Crippen LogP contribution in [0, 0.1) is 0 Å². The Kier molecular flexibility index (Phi) is 5.74. The van der Waals surface area contributed by atoms with E-state index in [2.05, 4.69) is 6.58 Å². The van der Waals surface area contributed by atoms with Crippen molar-refractivity contribution in [3.8, 4) is 5.75 Å². The molecule has 22 heavy (non-hydrogen) atoms. The molecule has 0 unspecified atom stereocenters. The van der Waals surface area contributed by atoms with Crippen LogP contribution in [-0.2, 0) is 16.1 Å². The van der Waals surface area contributed by atoms with Crippen LogP contribution >= 0.6 is 0 Å². The summed E-state index contributed by atoms with van der Waals surface area (Å²) in [5.74, 6) is -0.149. The summed E-state index contributed by atoms with van der Waals surface area (Å²) in [6.07, 6.45) is 1.71. The largest absolute Gasteiger partial charge is 0.508 e. The number of ether oxygens (including phenoxy) is 2. The first-order valence-electron chi connectivity index (χ1n) is 6.94. The number of esters is 1. The van der Waals surface area contributed by atoms with Crippen LogP contribution in [0.1, 0.15) is 21.5 Å². The van der Waals surface area contributed by atoms with Crippen molar-refractivity contribution in [1.82, 2.24) is 0 Å². The second-order valence-electron chi connectivity index (χ2n) is 4.68. The molecule has 0 aliphatic carbocycles. The van der Waals surface area contributed by atoms with Gasteiger partial charge in [0, 0.05) is 0 Å². The lowest BCUT2D eigenvalue weighted by Gasteiger charge is -2.07. The van der Waals surface area contributed by atoms with Gasteiger partial charge in [-0.25, -0.2) is 4.79 Å². The predicted octanol–water partition coefficient (Wildman–Crippen LogP) is 3.41. The van der Waals surface area contributed by atoms with Gasteiger partial charge in [-0.3, -0.25) is 0 Å². The standard InChI is InChI=1S/C18H18O4/c1-2-14-3-7-16(8-4-14)18(20)22-12-11-21-13-15-5-9-17(19)10-6-15/h2-10,19H,1,11-13H2. The van der Waals surface area contributed by atoms with Crippen LogP contribution in [0.5, 0.6) is 5.75 Å². The maximum absolute atomic E-state index is 11.8. The highest BCUT2D eigenvalue weighted by Crippen LogP contribution is 2.10. The van der Waals surface area contributed by atoms with E-state index >= 15 is 0 Å². The zero-order chi connectivity index (χ0) is 15.8. The molecule has 0 atom stereocenters. The van der Waals surface area contributed by atoms with E-state index in [4.69, 9.17) is 14.6 Å². The van der Waals surface area contributed by atoms with Gasteiger partial charge < -0.3 is 14.6 Å². The summed E-state index contributed by atoms with van der Waals surface area (Å²) in [4.78, 5) is 11.8. The van der Waals surface area contributed by atoms with Crippen LogP contribution in [-0.4, -0.2) is 24.3 Å². The minimum Gasteiger partial charge on any atom is -0.508 e. The highest BCUT2D eigenvalue weighted by Gasteiger charge is 2.06. The molecule has 2 rings (SSSR count). The van der Waals surface area contributed by atoms with E-state index in [1.807, 2.05) is 12.1 Å². The smallest absolute Gasteiger partial charge is 0.338 e. The third-order valence-corrected chi connectivity index (χ3v) is 3.05. The molecule has 0 amide bonds.